The number of hydrogen-bond acceptors (Lipinski definition) is 7. The SMILES string of the molecule is Cc1cc2nc(-c3ccnc(-c4cccc(C#N)c4)c3)sc2c(-c2ccc(Cl)cc2)c1[C@H](COC(=O)C(C)(C)C)OC(C)(C)C. The quantitative estimate of drug-likeness (QED) is 0.165. The van der Waals surface area contributed by atoms with E-state index in [-0.39, 0.29) is 12.6 Å². The fourth-order valence-electron chi connectivity index (χ4n) is 5.09. The van der Waals surface area contributed by atoms with Gasteiger partial charge in [-0.2, -0.15) is 5.26 Å². The standard InChI is InChI=1S/C37H36ClN3O3S/c1-22-17-29-33(45-34(41-29)26-15-16-40-28(19-26)25-10-8-9-23(18-25)20-39)32(24-11-13-27(38)14-12-24)31(22)30(44-37(5,6)7)21-43-35(42)36(2,3)4/h8-19,30H,21H2,1-7H3/t30-/m0/s1. The van der Waals surface area contributed by atoms with Crippen LogP contribution in [-0.4, -0.2) is 28.1 Å². The lowest BCUT2D eigenvalue weighted by molar-refractivity contribution is -0.162. The lowest BCUT2D eigenvalue weighted by Gasteiger charge is -2.31. The number of aromatic nitrogens is 2. The molecule has 0 saturated carbocycles. The second-order valence-corrected chi connectivity index (χ2v) is 14.5. The Morgan fingerprint density at radius 3 is 2.38 bits per heavy atom. The maximum Gasteiger partial charge on any atom is 0.311 e. The third-order valence-corrected chi connectivity index (χ3v) is 8.54. The first-order chi connectivity index (χ1) is 21.2. The molecule has 1 atom stereocenters. The normalized spacial score (nSPS) is 12.6. The molecule has 0 bridgehead atoms. The van der Waals surface area contributed by atoms with Crippen LogP contribution in [0.5, 0.6) is 0 Å². The van der Waals surface area contributed by atoms with Crippen molar-refractivity contribution in [3.05, 3.63) is 94.6 Å². The Morgan fingerprint density at radius 1 is 0.978 bits per heavy atom. The van der Waals surface area contributed by atoms with E-state index < -0.39 is 17.1 Å². The fourth-order valence-corrected chi connectivity index (χ4v) is 6.34. The number of thiazole rings is 1. The molecule has 8 heteroatoms. The number of benzene rings is 3. The van der Waals surface area contributed by atoms with E-state index >= 15 is 0 Å². The van der Waals surface area contributed by atoms with Crippen LogP contribution in [0.3, 0.4) is 0 Å². The highest BCUT2D eigenvalue weighted by Gasteiger charge is 2.31. The average Bonchev–Trinajstić information content (AvgIpc) is 3.41. The number of nitrogens with zero attached hydrogens (tertiary/aromatic N) is 3. The number of pyridine rings is 1. The van der Waals surface area contributed by atoms with Crippen LogP contribution in [0.15, 0.2) is 72.9 Å². The molecule has 2 heterocycles. The fraction of sp³-hybridized carbons (Fsp3) is 0.297. The second-order valence-electron chi connectivity index (χ2n) is 13.0. The maximum absolute atomic E-state index is 12.9. The second kappa shape index (κ2) is 12.7. The predicted octanol–water partition coefficient (Wildman–Crippen LogP) is 9.97. The van der Waals surface area contributed by atoms with E-state index in [4.69, 9.17) is 26.1 Å². The molecule has 0 amide bonds. The number of hydrogen-bond donors (Lipinski definition) is 0. The van der Waals surface area contributed by atoms with Crippen molar-refractivity contribution in [2.24, 2.45) is 5.41 Å². The van der Waals surface area contributed by atoms with Crippen molar-refractivity contribution in [3.63, 3.8) is 0 Å². The Labute approximate surface area is 273 Å². The molecule has 45 heavy (non-hydrogen) atoms. The van der Waals surface area contributed by atoms with Gasteiger partial charge in [-0.15, -0.1) is 11.3 Å². The van der Waals surface area contributed by atoms with Gasteiger partial charge in [-0.1, -0.05) is 35.9 Å². The molecular formula is C37H36ClN3O3S. The zero-order valence-corrected chi connectivity index (χ0v) is 28.1. The maximum atomic E-state index is 12.9. The van der Waals surface area contributed by atoms with Gasteiger partial charge < -0.3 is 9.47 Å². The van der Waals surface area contributed by atoms with Crippen LogP contribution in [0.1, 0.15) is 64.3 Å². The third kappa shape index (κ3) is 7.42. The summed E-state index contributed by atoms with van der Waals surface area (Å²) in [6.07, 6.45) is 1.24. The Balaban J connectivity index is 1.69. The highest BCUT2D eigenvalue weighted by Crippen LogP contribution is 2.44. The summed E-state index contributed by atoms with van der Waals surface area (Å²) in [5.74, 6) is -0.286. The Kier molecular flexibility index (Phi) is 9.14. The van der Waals surface area contributed by atoms with E-state index in [1.54, 1.807) is 23.6 Å². The van der Waals surface area contributed by atoms with Crippen molar-refractivity contribution < 1.29 is 14.3 Å². The van der Waals surface area contributed by atoms with Crippen molar-refractivity contribution in [1.82, 2.24) is 9.97 Å². The monoisotopic (exact) mass is 637 g/mol. The topological polar surface area (TPSA) is 85.1 Å². The molecule has 5 aromatic rings. The minimum absolute atomic E-state index is 0.0709. The molecule has 0 aliphatic heterocycles. The molecule has 0 fully saturated rings. The van der Waals surface area contributed by atoms with Gasteiger partial charge in [0.05, 0.1) is 38.6 Å². The molecule has 0 radical (unpaired) electrons. The molecule has 2 aromatic heterocycles. The van der Waals surface area contributed by atoms with Crippen LogP contribution in [0.2, 0.25) is 5.02 Å². The lowest BCUT2D eigenvalue weighted by atomic mass is 9.91. The Morgan fingerprint density at radius 2 is 1.71 bits per heavy atom. The number of carbonyl (C=O) groups is 1. The predicted molar refractivity (Wildman–Crippen MR) is 182 cm³/mol. The first-order valence-corrected chi connectivity index (χ1v) is 15.9. The average molecular weight is 638 g/mol. The first kappa shape index (κ1) is 32.3. The van der Waals surface area contributed by atoms with Crippen LogP contribution < -0.4 is 0 Å². The van der Waals surface area contributed by atoms with E-state index in [0.717, 1.165) is 54.3 Å². The largest absolute Gasteiger partial charge is 0.462 e. The molecule has 0 aliphatic carbocycles. The van der Waals surface area contributed by atoms with E-state index in [1.807, 2.05) is 103 Å². The Bertz CT molecular complexity index is 1910. The van der Waals surface area contributed by atoms with Gasteiger partial charge in [0, 0.05) is 27.9 Å². The van der Waals surface area contributed by atoms with Gasteiger partial charge in [0.1, 0.15) is 17.7 Å². The van der Waals surface area contributed by atoms with Crippen molar-refractivity contribution in [1.29, 1.82) is 5.26 Å². The molecule has 0 aliphatic rings. The minimum atomic E-state index is -0.643. The van der Waals surface area contributed by atoms with Crippen LogP contribution >= 0.6 is 22.9 Å². The van der Waals surface area contributed by atoms with Crippen molar-refractivity contribution in [2.45, 2.75) is 60.2 Å². The smallest absolute Gasteiger partial charge is 0.311 e. The molecule has 0 unspecified atom stereocenters. The molecular weight excluding hydrogens is 602 g/mol. The highest BCUT2D eigenvalue weighted by atomic mass is 35.5. The summed E-state index contributed by atoms with van der Waals surface area (Å²) in [6.45, 7) is 13.6. The van der Waals surface area contributed by atoms with Gasteiger partial charge in [-0.25, -0.2) is 4.98 Å². The highest BCUT2D eigenvalue weighted by molar-refractivity contribution is 7.22. The molecule has 6 nitrogen and oxygen atoms in total. The van der Waals surface area contributed by atoms with Crippen molar-refractivity contribution in [3.8, 4) is 39.0 Å². The number of ether oxygens (including phenoxy) is 2. The van der Waals surface area contributed by atoms with Crippen LogP contribution in [0, 0.1) is 23.7 Å². The number of fused-ring (bicyclic) bond motifs is 1. The summed E-state index contributed by atoms with van der Waals surface area (Å²) < 4.78 is 13.5. The molecule has 0 N–H and O–H groups in total. The van der Waals surface area contributed by atoms with E-state index in [1.165, 1.54) is 0 Å². The van der Waals surface area contributed by atoms with Gasteiger partial charge in [0.2, 0.25) is 0 Å². The van der Waals surface area contributed by atoms with Crippen LogP contribution in [0.4, 0.5) is 0 Å². The van der Waals surface area contributed by atoms with Gasteiger partial charge in [-0.05, 0) is 108 Å². The number of aryl methyl sites for hydroxylation is 1. The minimum Gasteiger partial charge on any atom is -0.462 e. The molecule has 5 rings (SSSR count). The number of carbonyl (C=O) groups excluding carboxylic acids is 1. The van der Waals surface area contributed by atoms with Gasteiger partial charge in [-0.3, -0.25) is 9.78 Å². The zero-order valence-electron chi connectivity index (χ0n) is 26.6. The van der Waals surface area contributed by atoms with Crippen LogP contribution in [-0.2, 0) is 14.3 Å². The summed E-state index contributed by atoms with van der Waals surface area (Å²) in [7, 11) is 0. The molecule has 0 saturated heterocycles. The first-order valence-electron chi connectivity index (χ1n) is 14.8. The molecule has 0 spiro atoms. The van der Waals surface area contributed by atoms with Crippen LogP contribution in [0.25, 0.3) is 43.2 Å². The number of halogens is 1. The number of esters is 1. The van der Waals surface area contributed by atoms with Crippen molar-refractivity contribution >= 4 is 39.1 Å². The number of nitriles is 1. The van der Waals surface area contributed by atoms with E-state index in [9.17, 15) is 10.1 Å². The lowest BCUT2D eigenvalue weighted by Crippen LogP contribution is -2.30. The van der Waals surface area contributed by atoms with Gasteiger partial charge in [0.15, 0.2) is 0 Å². The van der Waals surface area contributed by atoms with Crippen molar-refractivity contribution in [2.75, 3.05) is 6.61 Å². The summed E-state index contributed by atoms with van der Waals surface area (Å²) in [5.41, 5.74) is 6.70. The van der Waals surface area contributed by atoms with E-state index in [0.29, 0.717) is 10.6 Å². The summed E-state index contributed by atoms with van der Waals surface area (Å²) in [6, 6.07) is 23.4. The number of rotatable bonds is 7. The Hall–Kier alpha value is -4.09. The zero-order chi connectivity index (χ0) is 32.5. The summed E-state index contributed by atoms with van der Waals surface area (Å²) in [5, 5.41) is 10.9. The summed E-state index contributed by atoms with van der Waals surface area (Å²) >= 11 is 7.91. The summed E-state index contributed by atoms with van der Waals surface area (Å²) in [4.78, 5) is 22.5. The molecule has 3 aromatic carbocycles. The molecule has 230 valence electrons. The van der Waals surface area contributed by atoms with Gasteiger partial charge >= 0.3 is 5.97 Å². The van der Waals surface area contributed by atoms with Gasteiger partial charge in [0.25, 0.3) is 0 Å². The van der Waals surface area contributed by atoms with E-state index in [2.05, 4.69) is 17.1 Å². The third-order valence-electron chi connectivity index (χ3n) is 7.15.